The molecule has 0 saturated heterocycles. The lowest BCUT2D eigenvalue weighted by molar-refractivity contribution is 0.0351. The Bertz CT molecular complexity index is 706. The third-order valence-electron chi connectivity index (χ3n) is 7.68. The van der Waals surface area contributed by atoms with Crippen LogP contribution in [0.15, 0.2) is 29.2 Å². The number of benzene rings is 1. The maximum absolute atomic E-state index is 12.6. The highest BCUT2D eigenvalue weighted by Gasteiger charge is 2.51. The van der Waals surface area contributed by atoms with Gasteiger partial charge in [0.15, 0.2) is 9.84 Å². The lowest BCUT2D eigenvalue weighted by Crippen LogP contribution is -2.38. The summed E-state index contributed by atoms with van der Waals surface area (Å²) < 4.78 is 25.2. The summed E-state index contributed by atoms with van der Waals surface area (Å²) in [5, 5.41) is 0. The second-order valence-corrected chi connectivity index (χ2v) is 11.5. The van der Waals surface area contributed by atoms with Crippen LogP contribution in [0.3, 0.4) is 0 Å². The van der Waals surface area contributed by atoms with E-state index in [9.17, 15) is 8.42 Å². The highest BCUT2D eigenvalue weighted by molar-refractivity contribution is 7.91. The fraction of sp³-hybridized carbons (Fsp3) is 0.739. The molecule has 0 unspecified atom stereocenters. The van der Waals surface area contributed by atoms with Crippen molar-refractivity contribution in [2.75, 3.05) is 5.75 Å². The van der Waals surface area contributed by atoms with Crippen molar-refractivity contribution < 1.29 is 8.42 Å². The first-order chi connectivity index (χ1) is 12.2. The van der Waals surface area contributed by atoms with Gasteiger partial charge in [-0.25, -0.2) is 8.42 Å². The smallest absolute Gasteiger partial charge is 0.178 e. The Balaban J connectivity index is 1.57. The van der Waals surface area contributed by atoms with Crippen LogP contribution in [0.25, 0.3) is 0 Å². The van der Waals surface area contributed by atoms with E-state index in [1.54, 1.807) is 12.1 Å². The number of hydrogen-bond acceptors (Lipinski definition) is 2. The van der Waals surface area contributed by atoms with Crippen LogP contribution >= 0.6 is 0 Å². The van der Waals surface area contributed by atoms with E-state index in [1.165, 1.54) is 32.1 Å². The van der Waals surface area contributed by atoms with Crippen LogP contribution in [-0.4, -0.2) is 14.2 Å². The van der Waals surface area contributed by atoms with Crippen molar-refractivity contribution in [3.05, 3.63) is 29.8 Å². The SMILES string of the molecule is Cc1ccc(S(=O)(=O)CCC[C@@H](C)[C@H]2CC[C@H]3[C@@H](C)CCC[C@]23C)cc1. The lowest BCUT2D eigenvalue weighted by Gasteiger charge is -2.46. The second-order valence-electron chi connectivity index (χ2n) is 9.42. The lowest BCUT2D eigenvalue weighted by atomic mass is 9.59. The summed E-state index contributed by atoms with van der Waals surface area (Å²) in [5.74, 6) is 3.44. The predicted octanol–water partition coefficient (Wildman–Crippen LogP) is 6.04. The van der Waals surface area contributed by atoms with Crippen molar-refractivity contribution in [3.8, 4) is 0 Å². The molecule has 26 heavy (non-hydrogen) atoms. The average molecular weight is 377 g/mol. The Morgan fingerprint density at radius 3 is 2.54 bits per heavy atom. The Morgan fingerprint density at radius 1 is 1.15 bits per heavy atom. The largest absolute Gasteiger partial charge is 0.224 e. The number of hydrogen-bond donors (Lipinski definition) is 0. The molecule has 0 heterocycles. The van der Waals surface area contributed by atoms with Gasteiger partial charge in [0.2, 0.25) is 0 Å². The summed E-state index contributed by atoms with van der Waals surface area (Å²) in [6.45, 7) is 9.34. The van der Waals surface area contributed by atoms with E-state index < -0.39 is 9.84 Å². The van der Waals surface area contributed by atoms with Crippen LogP contribution in [-0.2, 0) is 9.84 Å². The maximum atomic E-state index is 12.6. The molecule has 5 atom stereocenters. The van der Waals surface area contributed by atoms with E-state index >= 15 is 0 Å². The molecular weight excluding hydrogens is 340 g/mol. The highest BCUT2D eigenvalue weighted by Crippen LogP contribution is 2.59. The molecule has 2 aliphatic carbocycles. The van der Waals surface area contributed by atoms with E-state index in [2.05, 4.69) is 20.8 Å². The van der Waals surface area contributed by atoms with E-state index in [4.69, 9.17) is 0 Å². The van der Waals surface area contributed by atoms with Gasteiger partial charge in [-0.1, -0.05) is 51.3 Å². The van der Waals surface area contributed by atoms with E-state index in [1.807, 2.05) is 19.1 Å². The second kappa shape index (κ2) is 7.66. The van der Waals surface area contributed by atoms with Crippen LogP contribution in [0.5, 0.6) is 0 Å². The minimum Gasteiger partial charge on any atom is -0.224 e. The van der Waals surface area contributed by atoms with Crippen LogP contribution < -0.4 is 0 Å². The fourth-order valence-corrected chi connectivity index (χ4v) is 7.53. The van der Waals surface area contributed by atoms with Crippen molar-refractivity contribution in [2.45, 2.75) is 77.5 Å². The molecule has 2 aliphatic rings. The van der Waals surface area contributed by atoms with Gasteiger partial charge in [0.25, 0.3) is 0 Å². The quantitative estimate of drug-likeness (QED) is 0.607. The fourth-order valence-electron chi connectivity index (χ4n) is 6.20. The van der Waals surface area contributed by atoms with Gasteiger partial charge in [-0.05, 0) is 80.2 Å². The van der Waals surface area contributed by atoms with Gasteiger partial charge < -0.3 is 0 Å². The standard InChI is InChI=1S/C23H36O2S/c1-17-9-11-20(12-10-17)26(24,25)16-6-8-19(3)22-14-13-21-18(2)7-5-15-23(21,22)4/h9-12,18-19,21-22H,5-8,13-16H2,1-4H3/t18-,19+,21-,22+,23-/m0/s1. The zero-order chi connectivity index (χ0) is 18.9. The van der Waals surface area contributed by atoms with Gasteiger partial charge >= 0.3 is 0 Å². The Morgan fingerprint density at radius 2 is 1.85 bits per heavy atom. The van der Waals surface area contributed by atoms with Crippen LogP contribution in [0.4, 0.5) is 0 Å². The summed E-state index contributed by atoms with van der Waals surface area (Å²) in [7, 11) is -3.14. The number of rotatable bonds is 6. The minimum atomic E-state index is -3.14. The zero-order valence-electron chi connectivity index (χ0n) is 17.0. The van der Waals surface area contributed by atoms with Crippen molar-refractivity contribution in [1.82, 2.24) is 0 Å². The molecule has 2 fully saturated rings. The first-order valence-electron chi connectivity index (χ1n) is 10.5. The first kappa shape index (κ1) is 19.9. The number of sulfone groups is 1. The molecule has 0 spiro atoms. The predicted molar refractivity (Wildman–Crippen MR) is 109 cm³/mol. The minimum absolute atomic E-state index is 0.281. The number of fused-ring (bicyclic) bond motifs is 1. The summed E-state index contributed by atoms with van der Waals surface area (Å²) in [4.78, 5) is 0.477. The van der Waals surface area contributed by atoms with Crippen molar-refractivity contribution >= 4 is 9.84 Å². The Kier molecular flexibility index (Phi) is 5.86. The van der Waals surface area contributed by atoms with Gasteiger partial charge in [0.1, 0.15) is 0 Å². The molecule has 1 aromatic rings. The molecule has 0 amide bonds. The molecule has 1 aromatic carbocycles. The highest BCUT2D eigenvalue weighted by atomic mass is 32.2. The molecule has 0 aliphatic heterocycles. The normalized spacial score (nSPS) is 33.0. The van der Waals surface area contributed by atoms with Gasteiger partial charge in [0, 0.05) is 0 Å². The summed E-state index contributed by atoms with van der Waals surface area (Å²) >= 11 is 0. The summed E-state index contributed by atoms with van der Waals surface area (Å²) in [5.41, 5.74) is 1.59. The van der Waals surface area contributed by atoms with Crippen LogP contribution in [0.2, 0.25) is 0 Å². The first-order valence-corrected chi connectivity index (χ1v) is 12.2. The number of aryl methyl sites for hydroxylation is 1. The van der Waals surface area contributed by atoms with E-state index in [0.29, 0.717) is 16.2 Å². The Hall–Kier alpha value is -0.830. The van der Waals surface area contributed by atoms with Crippen molar-refractivity contribution in [2.24, 2.45) is 29.1 Å². The van der Waals surface area contributed by atoms with Crippen LogP contribution in [0.1, 0.15) is 71.3 Å². The average Bonchev–Trinajstić information content (AvgIpc) is 2.93. The van der Waals surface area contributed by atoms with Gasteiger partial charge in [-0.3, -0.25) is 0 Å². The summed E-state index contributed by atoms with van der Waals surface area (Å²) in [6.07, 6.45) is 8.69. The van der Waals surface area contributed by atoms with Gasteiger partial charge in [0.05, 0.1) is 10.6 Å². The summed E-state index contributed by atoms with van der Waals surface area (Å²) in [6, 6.07) is 7.28. The molecule has 2 nitrogen and oxygen atoms in total. The molecule has 3 rings (SSSR count). The Labute approximate surface area is 160 Å². The topological polar surface area (TPSA) is 34.1 Å². The van der Waals surface area contributed by atoms with Crippen molar-refractivity contribution in [1.29, 1.82) is 0 Å². The third kappa shape index (κ3) is 3.88. The zero-order valence-corrected chi connectivity index (χ0v) is 17.8. The van der Waals surface area contributed by atoms with Gasteiger partial charge in [-0.2, -0.15) is 0 Å². The molecule has 3 heteroatoms. The monoisotopic (exact) mass is 376 g/mol. The molecule has 0 aromatic heterocycles. The molecular formula is C23H36O2S. The molecule has 0 bridgehead atoms. The molecule has 146 valence electrons. The molecule has 0 radical (unpaired) electrons. The van der Waals surface area contributed by atoms with Gasteiger partial charge in [-0.15, -0.1) is 0 Å². The van der Waals surface area contributed by atoms with E-state index in [0.717, 1.165) is 36.2 Å². The third-order valence-corrected chi connectivity index (χ3v) is 9.50. The van der Waals surface area contributed by atoms with Crippen molar-refractivity contribution in [3.63, 3.8) is 0 Å². The maximum Gasteiger partial charge on any atom is 0.178 e. The van der Waals surface area contributed by atoms with Crippen LogP contribution in [0, 0.1) is 36.0 Å². The molecule has 0 N–H and O–H groups in total. The molecule has 2 saturated carbocycles. The van der Waals surface area contributed by atoms with E-state index in [-0.39, 0.29) is 5.75 Å².